The number of carbonyl (C=O) groups is 2. The van der Waals surface area contributed by atoms with Gasteiger partial charge in [-0.1, -0.05) is 12.1 Å². The summed E-state index contributed by atoms with van der Waals surface area (Å²) in [4.78, 5) is 24.3. The smallest absolute Gasteiger partial charge is 0.230 e. The Morgan fingerprint density at radius 2 is 2.13 bits per heavy atom. The second-order valence-electron chi connectivity index (χ2n) is 3.65. The Morgan fingerprint density at radius 1 is 1.40 bits per heavy atom. The number of likely N-dealkylation sites (N-methyl/N-ethyl adjacent to an activating group) is 1. The lowest BCUT2D eigenvalue weighted by molar-refractivity contribution is -0.127. The number of phenols is 1. The molecule has 0 radical (unpaired) electrons. The molecule has 0 aromatic heterocycles. The molecular weight excluding hydrogens is 194 g/mol. The Labute approximate surface area is 87.1 Å². The Kier molecular flexibility index (Phi) is 2.19. The van der Waals surface area contributed by atoms with Crippen molar-refractivity contribution in [2.45, 2.75) is 12.5 Å². The third kappa shape index (κ3) is 1.58. The maximum atomic E-state index is 11.6. The van der Waals surface area contributed by atoms with E-state index in [9.17, 15) is 14.7 Å². The van der Waals surface area contributed by atoms with Crippen LogP contribution >= 0.6 is 0 Å². The van der Waals surface area contributed by atoms with Gasteiger partial charge in [0.15, 0.2) is 5.78 Å². The minimum Gasteiger partial charge on any atom is -0.508 e. The van der Waals surface area contributed by atoms with E-state index in [4.69, 9.17) is 0 Å². The van der Waals surface area contributed by atoms with Crippen molar-refractivity contribution in [2.75, 3.05) is 7.05 Å². The monoisotopic (exact) mass is 205 g/mol. The molecule has 1 heterocycles. The predicted molar refractivity (Wildman–Crippen MR) is 53.2 cm³/mol. The van der Waals surface area contributed by atoms with Crippen molar-refractivity contribution in [1.29, 1.82) is 0 Å². The molecule has 1 aliphatic rings. The van der Waals surface area contributed by atoms with Crippen LogP contribution in [-0.2, 0) is 9.59 Å². The number of carbonyl (C=O) groups excluding carboxylic acids is 2. The standard InChI is InChI=1S/C11H11NO3/c1-12-10(15)6-9(14)11(12)7-3-2-4-8(13)5-7/h2-5,11,13H,6H2,1H3. The Morgan fingerprint density at radius 3 is 2.67 bits per heavy atom. The van der Waals surface area contributed by atoms with Gasteiger partial charge in [0.1, 0.15) is 11.8 Å². The lowest BCUT2D eigenvalue weighted by Crippen LogP contribution is -2.24. The van der Waals surface area contributed by atoms with Crippen LogP contribution in [0.4, 0.5) is 0 Å². The minimum atomic E-state index is -0.537. The highest BCUT2D eigenvalue weighted by atomic mass is 16.3. The van der Waals surface area contributed by atoms with Crippen LogP contribution in [0.3, 0.4) is 0 Å². The van der Waals surface area contributed by atoms with E-state index >= 15 is 0 Å². The van der Waals surface area contributed by atoms with Crippen LogP contribution < -0.4 is 0 Å². The van der Waals surface area contributed by atoms with Crippen LogP contribution in [0.15, 0.2) is 24.3 Å². The summed E-state index contributed by atoms with van der Waals surface area (Å²) in [6.45, 7) is 0. The second-order valence-corrected chi connectivity index (χ2v) is 3.65. The van der Waals surface area contributed by atoms with Crippen molar-refractivity contribution in [2.24, 2.45) is 0 Å². The largest absolute Gasteiger partial charge is 0.508 e. The molecule has 4 nitrogen and oxygen atoms in total. The third-order valence-corrected chi connectivity index (χ3v) is 2.60. The fourth-order valence-corrected chi connectivity index (χ4v) is 1.83. The fourth-order valence-electron chi connectivity index (χ4n) is 1.83. The molecule has 78 valence electrons. The quantitative estimate of drug-likeness (QED) is 0.692. The van der Waals surface area contributed by atoms with Gasteiger partial charge in [0, 0.05) is 7.05 Å². The fraction of sp³-hybridized carbons (Fsp3) is 0.273. The van der Waals surface area contributed by atoms with Crippen molar-refractivity contribution in [3.63, 3.8) is 0 Å². The minimum absolute atomic E-state index is 0.0448. The van der Waals surface area contributed by atoms with Crippen molar-refractivity contribution >= 4 is 11.7 Å². The van der Waals surface area contributed by atoms with E-state index in [-0.39, 0.29) is 23.9 Å². The van der Waals surface area contributed by atoms with Crippen LogP contribution in [0.2, 0.25) is 0 Å². The molecule has 0 bridgehead atoms. The van der Waals surface area contributed by atoms with Crippen molar-refractivity contribution in [3.8, 4) is 5.75 Å². The molecule has 2 rings (SSSR count). The highest BCUT2D eigenvalue weighted by molar-refractivity contribution is 6.07. The summed E-state index contributed by atoms with van der Waals surface area (Å²) in [6, 6.07) is 5.90. The Balaban J connectivity index is 2.39. The van der Waals surface area contributed by atoms with Crippen LogP contribution in [-0.4, -0.2) is 28.7 Å². The average molecular weight is 205 g/mol. The lowest BCUT2D eigenvalue weighted by Gasteiger charge is -2.18. The van der Waals surface area contributed by atoms with E-state index in [1.165, 1.54) is 17.0 Å². The molecule has 0 saturated carbocycles. The van der Waals surface area contributed by atoms with Gasteiger partial charge in [0.25, 0.3) is 0 Å². The summed E-state index contributed by atoms with van der Waals surface area (Å²) in [5.74, 6) is -0.186. The van der Waals surface area contributed by atoms with Gasteiger partial charge in [-0.3, -0.25) is 9.59 Å². The zero-order valence-electron chi connectivity index (χ0n) is 8.30. The molecule has 1 aromatic rings. The van der Waals surface area contributed by atoms with Crippen molar-refractivity contribution in [1.82, 2.24) is 4.90 Å². The third-order valence-electron chi connectivity index (χ3n) is 2.60. The normalized spacial score (nSPS) is 21.1. The van der Waals surface area contributed by atoms with Gasteiger partial charge >= 0.3 is 0 Å². The van der Waals surface area contributed by atoms with Crippen molar-refractivity contribution in [3.05, 3.63) is 29.8 Å². The average Bonchev–Trinajstić information content (AvgIpc) is 2.41. The molecule has 1 saturated heterocycles. The number of Topliss-reactive ketones (excluding diaryl/α,β-unsaturated/α-hetero) is 1. The molecule has 1 unspecified atom stereocenters. The number of ketones is 1. The van der Waals surface area contributed by atoms with Gasteiger partial charge in [0.2, 0.25) is 5.91 Å². The van der Waals surface area contributed by atoms with Crippen LogP contribution in [0.5, 0.6) is 5.75 Å². The molecule has 1 aromatic carbocycles. The number of nitrogens with zero attached hydrogens (tertiary/aromatic N) is 1. The molecule has 1 N–H and O–H groups in total. The first-order valence-electron chi connectivity index (χ1n) is 4.67. The van der Waals surface area contributed by atoms with Crippen LogP contribution in [0, 0.1) is 0 Å². The van der Waals surface area contributed by atoms with Crippen molar-refractivity contribution < 1.29 is 14.7 Å². The first-order chi connectivity index (χ1) is 7.09. The number of amides is 1. The number of likely N-dealkylation sites (tertiary alicyclic amines) is 1. The molecule has 1 atom stereocenters. The molecule has 15 heavy (non-hydrogen) atoms. The number of hydrogen-bond donors (Lipinski definition) is 1. The van der Waals surface area contributed by atoms with Crippen LogP contribution in [0.1, 0.15) is 18.0 Å². The van der Waals surface area contributed by atoms with Gasteiger partial charge in [-0.2, -0.15) is 0 Å². The zero-order valence-corrected chi connectivity index (χ0v) is 8.30. The maximum absolute atomic E-state index is 11.6. The predicted octanol–water partition coefficient (Wildman–Crippen LogP) is 0.864. The van der Waals surface area contributed by atoms with E-state index in [0.29, 0.717) is 5.56 Å². The first kappa shape index (κ1) is 9.71. The van der Waals surface area contributed by atoms with Crippen LogP contribution in [0.25, 0.3) is 0 Å². The summed E-state index contributed by atoms with van der Waals surface area (Å²) in [7, 11) is 1.60. The summed E-state index contributed by atoms with van der Waals surface area (Å²) in [5.41, 5.74) is 0.661. The maximum Gasteiger partial charge on any atom is 0.230 e. The zero-order chi connectivity index (χ0) is 11.0. The molecule has 4 heteroatoms. The highest BCUT2D eigenvalue weighted by Crippen LogP contribution is 2.29. The summed E-state index contributed by atoms with van der Waals surface area (Å²) < 4.78 is 0. The molecular formula is C11H11NO3. The van der Waals surface area contributed by atoms with E-state index in [1.807, 2.05) is 0 Å². The SMILES string of the molecule is CN1C(=O)CC(=O)C1c1cccc(O)c1. The van der Waals surface area contributed by atoms with E-state index in [1.54, 1.807) is 19.2 Å². The second kappa shape index (κ2) is 3.38. The summed E-state index contributed by atoms with van der Waals surface area (Å²) in [6.07, 6.45) is -0.0448. The van der Waals surface area contributed by atoms with Gasteiger partial charge in [-0.05, 0) is 17.7 Å². The number of aromatic hydroxyl groups is 1. The molecule has 0 aliphatic carbocycles. The lowest BCUT2D eigenvalue weighted by atomic mass is 10.0. The summed E-state index contributed by atoms with van der Waals surface area (Å²) >= 11 is 0. The number of hydrogen-bond acceptors (Lipinski definition) is 3. The van der Waals surface area contributed by atoms with Gasteiger partial charge in [-0.15, -0.1) is 0 Å². The Hall–Kier alpha value is -1.84. The first-order valence-corrected chi connectivity index (χ1v) is 4.67. The topological polar surface area (TPSA) is 57.6 Å². The molecule has 1 amide bonds. The van der Waals surface area contributed by atoms with E-state index in [0.717, 1.165) is 0 Å². The van der Waals surface area contributed by atoms with Gasteiger partial charge < -0.3 is 10.0 Å². The van der Waals surface area contributed by atoms with E-state index < -0.39 is 6.04 Å². The van der Waals surface area contributed by atoms with Gasteiger partial charge in [-0.25, -0.2) is 0 Å². The molecule has 0 spiro atoms. The summed E-state index contributed by atoms with van der Waals surface area (Å²) in [5, 5.41) is 9.30. The van der Waals surface area contributed by atoms with E-state index in [2.05, 4.69) is 0 Å². The van der Waals surface area contributed by atoms with Gasteiger partial charge in [0.05, 0.1) is 6.42 Å². The molecule has 1 fully saturated rings. The number of rotatable bonds is 1. The Bertz CT molecular complexity index is 428. The number of phenolic OH excluding ortho intramolecular Hbond substituents is 1. The molecule has 1 aliphatic heterocycles. The number of benzene rings is 1. The highest BCUT2D eigenvalue weighted by Gasteiger charge is 2.36.